The molecule has 2 atom stereocenters. The van der Waals surface area contributed by atoms with Gasteiger partial charge >= 0.3 is 0 Å². The standard InChI is InChI=1S/C6H5ClO/c7-4-2-1-3-5-6(4)8-5/h1-3,5-6H. The molecule has 2 heteroatoms. The molecule has 1 aliphatic carbocycles. The van der Waals surface area contributed by atoms with Gasteiger partial charge in [0.15, 0.2) is 0 Å². The Morgan fingerprint density at radius 1 is 1.62 bits per heavy atom. The van der Waals surface area contributed by atoms with Gasteiger partial charge in [0.05, 0.1) is 0 Å². The van der Waals surface area contributed by atoms with Crippen molar-refractivity contribution in [3.63, 3.8) is 0 Å². The number of allylic oxidation sites excluding steroid dienone is 2. The third-order valence-corrected chi connectivity index (χ3v) is 1.69. The highest BCUT2D eigenvalue weighted by molar-refractivity contribution is 6.30. The predicted octanol–water partition coefficient (Wildman–Crippen LogP) is 1.45. The minimum Gasteiger partial charge on any atom is -0.359 e. The van der Waals surface area contributed by atoms with E-state index in [0.717, 1.165) is 5.03 Å². The van der Waals surface area contributed by atoms with Gasteiger partial charge in [0.1, 0.15) is 12.2 Å². The number of fused-ring (bicyclic) bond motifs is 1. The Morgan fingerprint density at radius 2 is 2.50 bits per heavy atom. The molecule has 1 nitrogen and oxygen atoms in total. The van der Waals surface area contributed by atoms with Crippen molar-refractivity contribution in [1.29, 1.82) is 0 Å². The molecule has 1 saturated heterocycles. The first-order chi connectivity index (χ1) is 3.88. The zero-order valence-corrected chi connectivity index (χ0v) is 4.93. The summed E-state index contributed by atoms with van der Waals surface area (Å²) in [7, 11) is 0. The summed E-state index contributed by atoms with van der Waals surface area (Å²) in [5.74, 6) is 0. The van der Waals surface area contributed by atoms with Gasteiger partial charge in [-0.3, -0.25) is 0 Å². The van der Waals surface area contributed by atoms with Gasteiger partial charge in [0.25, 0.3) is 0 Å². The number of hydrogen-bond donors (Lipinski definition) is 0. The highest BCUT2D eigenvalue weighted by atomic mass is 35.5. The van der Waals surface area contributed by atoms with Gasteiger partial charge in [0, 0.05) is 5.03 Å². The van der Waals surface area contributed by atoms with Crippen LogP contribution in [0, 0.1) is 0 Å². The van der Waals surface area contributed by atoms with E-state index in [-0.39, 0.29) is 6.10 Å². The number of halogens is 1. The molecule has 8 heavy (non-hydrogen) atoms. The van der Waals surface area contributed by atoms with Gasteiger partial charge in [-0.25, -0.2) is 0 Å². The molecule has 0 aromatic heterocycles. The number of hydrogen-bond acceptors (Lipinski definition) is 1. The monoisotopic (exact) mass is 128 g/mol. The Morgan fingerprint density at radius 3 is 3.12 bits per heavy atom. The van der Waals surface area contributed by atoms with Gasteiger partial charge in [-0.2, -0.15) is 0 Å². The highest BCUT2D eigenvalue weighted by Gasteiger charge is 2.40. The lowest BCUT2D eigenvalue weighted by Crippen LogP contribution is -1.92. The highest BCUT2D eigenvalue weighted by Crippen LogP contribution is 2.34. The van der Waals surface area contributed by atoms with E-state index in [9.17, 15) is 0 Å². The molecule has 1 heterocycles. The van der Waals surface area contributed by atoms with Crippen LogP contribution in [0.15, 0.2) is 23.3 Å². The Balaban J connectivity index is 2.30. The number of rotatable bonds is 0. The van der Waals surface area contributed by atoms with Gasteiger partial charge in [-0.05, 0) is 6.08 Å². The molecule has 0 spiro atoms. The van der Waals surface area contributed by atoms with Crippen molar-refractivity contribution in [1.82, 2.24) is 0 Å². The third kappa shape index (κ3) is 0.518. The van der Waals surface area contributed by atoms with E-state index in [1.54, 1.807) is 0 Å². The smallest absolute Gasteiger partial charge is 0.124 e. The van der Waals surface area contributed by atoms with Gasteiger partial charge < -0.3 is 4.74 Å². The summed E-state index contributed by atoms with van der Waals surface area (Å²) in [5.41, 5.74) is 0. The van der Waals surface area contributed by atoms with Crippen molar-refractivity contribution in [3.8, 4) is 0 Å². The van der Waals surface area contributed by atoms with Gasteiger partial charge in [-0.15, -0.1) is 0 Å². The van der Waals surface area contributed by atoms with Crippen LogP contribution in [0.2, 0.25) is 0 Å². The lowest BCUT2D eigenvalue weighted by Gasteiger charge is -1.90. The quantitative estimate of drug-likeness (QED) is 0.450. The molecule has 0 N–H and O–H groups in total. The van der Waals surface area contributed by atoms with Crippen LogP contribution in [-0.2, 0) is 4.74 Å². The van der Waals surface area contributed by atoms with Crippen molar-refractivity contribution in [3.05, 3.63) is 23.3 Å². The molecule has 2 rings (SSSR count). The molecule has 0 radical (unpaired) electrons. The summed E-state index contributed by atoms with van der Waals surface area (Å²) >= 11 is 5.69. The topological polar surface area (TPSA) is 12.5 Å². The fourth-order valence-electron chi connectivity index (χ4n) is 0.844. The van der Waals surface area contributed by atoms with E-state index in [0.29, 0.717) is 6.10 Å². The van der Waals surface area contributed by atoms with Crippen molar-refractivity contribution in [2.24, 2.45) is 0 Å². The molecular formula is C6H5ClO. The van der Waals surface area contributed by atoms with Crippen molar-refractivity contribution in [2.75, 3.05) is 0 Å². The van der Waals surface area contributed by atoms with Crippen LogP contribution < -0.4 is 0 Å². The lowest BCUT2D eigenvalue weighted by molar-refractivity contribution is 0.412. The van der Waals surface area contributed by atoms with Crippen LogP contribution in [0.25, 0.3) is 0 Å². The summed E-state index contributed by atoms with van der Waals surface area (Å²) in [6.07, 6.45) is 6.32. The van der Waals surface area contributed by atoms with Crippen LogP contribution in [0.1, 0.15) is 0 Å². The molecule has 2 aliphatic rings. The Bertz CT molecular complexity index is 171. The largest absolute Gasteiger partial charge is 0.359 e. The van der Waals surface area contributed by atoms with Crippen molar-refractivity contribution in [2.45, 2.75) is 12.2 Å². The minimum atomic E-state index is 0.210. The van der Waals surface area contributed by atoms with Gasteiger partial charge in [-0.1, -0.05) is 23.8 Å². The molecule has 0 amide bonds. The zero-order chi connectivity index (χ0) is 5.56. The molecule has 42 valence electrons. The summed E-state index contributed by atoms with van der Waals surface area (Å²) in [5, 5.41) is 0.831. The molecule has 0 aromatic carbocycles. The lowest BCUT2D eigenvalue weighted by atomic mass is 10.2. The van der Waals surface area contributed by atoms with E-state index in [1.165, 1.54) is 0 Å². The van der Waals surface area contributed by atoms with Crippen LogP contribution in [-0.4, -0.2) is 12.2 Å². The second-order valence-corrected chi connectivity index (χ2v) is 2.39. The second-order valence-electron chi connectivity index (χ2n) is 1.96. The first-order valence-corrected chi connectivity index (χ1v) is 2.95. The third-order valence-electron chi connectivity index (χ3n) is 1.35. The van der Waals surface area contributed by atoms with E-state index in [4.69, 9.17) is 16.3 Å². The van der Waals surface area contributed by atoms with Crippen LogP contribution >= 0.6 is 11.6 Å². The van der Waals surface area contributed by atoms with E-state index < -0.39 is 0 Å². The van der Waals surface area contributed by atoms with Crippen LogP contribution in [0.4, 0.5) is 0 Å². The number of epoxide rings is 1. The van der Waals surface area contributed by atoms with Gasteiger partial charge in [0.2, 0.25) is 0 Å². The fourth-order valence-corrected chi connectivity index (χ4v) is 1.09. The maximum Gasteiger partial charge on any atom is 0.124 e. The SMILES string of the molecule is ClC1=CC=CC2OC12. The van der Waals surface area contributed by atoms with E-state index in [1.807, 2.05) is 18.2 Å². The van der Waals surface area contributed by atoms with E-state index in [2.05, 4.69) is 0 Å². The van der Waals surface area contributed by atoms with E-state index >= 15 is 0 Å². The summed E-state index contributed by atoms with van der Waals surface area (Å²) in [6, 6.07) is 0. The maximum atomic E-state index is 5.69. The maximum absolute atomic E-state index is 5.69. The fraction of sp³-hybridized carbons (Fsp3) is 0.333. The predicted molar refractivity (Wildman–Crippen MR) is 31.7 cm³/mol. The first kappa shape index (κ1) is 4.59. The molecule has 0 aromatic rings. The molecule has 2 unspecified atom stereocenters. The molecule has 1 aliphatic heterocycles. The second kappa shape index (κ2) is 1.36. The Labute approximate surface area is 52.6 Å². The molecule has 0 saturated carbocycles. The van der Waals surface area contributed by atoms with Crippen LogP contribution in [0.5, 0.6) is 0 Å². The first-order valence-electron chi connectivity index (χ1n) is 2.57. The Hall–Kier alpha value is -0.270. The molecule has 1 fully saturated rings. The average Bonchev–Trinajstić information content (AvgIpc) is 2.45. The number of ether oxygens (including phenoxy) is 1. The molecular weight excluding hydrogens is 124 g/mol. The summed E-state index contributed by atoms with van der Waals surface area (Å²) in [6.45, 7) is 0. The summed E-state index contributed by atoms with van der Waals surface area (Å²) < 4.78 is 5.10. The average molecular weight is 129 g/mol. The normalized spacial score (nSPS) is 40.9. The van der Waals surface area contributed by atoms with Crippen molar-refractivity contribution < 1.29 is 4.74 Å². The Kier molecular flexibility index (Phi) is 0.783. The zero-order valence-electron chi connectivity index (χ0n) is 4.17. The van der Waals surface area contributed by atoms with Crippen molar-refractivity contribution >= 4 is 11.6 Å². The summed E-state index contributed by atoms with van der Waals surface area (Å²) in [4.78, 5) is 0. The molecule has 0 bridgehead atoms. The van der Waals surface area contributed by atoms with Crippen LogP contribution in [0.3, 0.4) is 0 Å². The minimum absolute atomic E-state index is 0.210.